The number of methoxy groups -OCH3 is 2. The number of hydrogen-bond acceptors (Lipinski definition) is 3. The molecule has 0 saturated heterocycles. The lowest BCUT2D eigenvalue weighted by atomic mass is 9.91. The molecule has 0 amide bonds. The van der Waals surface area contributed by atoms with Crippen molar-refractivity contribution in [3.05, 3.63) is 29.3 Å². The second-order valence-electron chi connectivity index (χ2n) is 5.63. The maximum Gasteiger partial charge on any atom is 0.122 e. The van der Waals surface area contributed by atoms with Crippen LogP contribution in [0.15, 0.2) is 18.2 Å². The molecule has 0 heterocycles. The Bertz CT molecular complexity index is 433. The molecule has 0 aromatic heterocycles. The van der Waals surface area contributed by atoms with Crippen LogP contribution < -0.4 is 10.1 Å². The third-order valence-corrected chi connectivity index (χ3v) is 4.27. The summed E-state index contributed by atoms with van der Waals surface area (Å²) in [5.41, 5.74) is 2.89. The predicted molar refractivity (Wildman–Crippen MR) is 77.9 cm³/mol. The van der Waals surface area contributed by atoms with E-state index in [2.05, 4.69) is 37.4 Å². The summed E-state index contributed by atoms with van der Waals surface area (Å²) in [5, 5.41) is 3.51. The highest BCUT2D eigenvalue weighted by Crippen LogP contribution is 2.56. The number of benzene rings is 1. The fourth-order valence-corrected chi connectivity index (χ4v) is 2.90. The molecule has 106 valence electrons. The van der Waals surface area contributed by atoms with Gasteiger partial charge in [0.25, 0.3) is 0 Å². The maximum atomic E-state index is 5.55. The van der Waals surface area contributed by atoms with E-state index in [4.69, 9.17) is 9.47 Å². The molecule has 1 saturated carbocycles. The van der Waals surface area contributed by atoms with Crippen LogP contribution in [0.4, 0.5) is 0 Å². The molecule has 0 radical (unpaired) electrons. The summed E-state index contributed by atoms with van der Waals surface area (Å²) in [6, 6.07) is 6.48. The first-order valence-corrected chi connectivity index (χ1v) is 6.99. The minimum absolute atomic E-state index is 0.241. The smallest absolute Gasteiger partial charge is 0.122 e. The van der Waals surface area contributed by atoms with E-state index in [1.54, 1.807) is 14.2 Å². The Morgan fingerprint density at radius 3 is 2.68 bits per heavy atom. The maximum absolute atomic E-state index is 5.55. The second kappa shape index (κ2) is 5.93. The topological polar surface area (TPSA) is 30.5 Å². The van der Waals surface area contributed by atoms with Crippen LogP contribution in [0.1, 0.15) is 24.5 Å². The highest BCUT2D eigenvalue weighted by atomic mass is 16.5. The molecule has 0 aliphatic heterocycles. The van der Waals surface area contributed by atoms with Crippen molar-refractivity contribution in [1.82, 2.24) is 5.32 Å². The minimum atomic E-state index is 0.241. The lowest BCUT2D eigenvalue weighted by Gasteiger charge is -2.21. The van der Waals surface area contributed by atoms with Gasteiger partial charge in [-0.15, -0.1) is 0 Å². The van der Waals surface area contributed by atoms with Gasteiger partial charge in [0.05, 0.1) is 13.7 Å². The summed E-state index contributed by atoms with van der Waals surface area (Å²) in [7, 11) is 3.49. The zero-order valence-corrected chi connectivity index (χ0v) is 12.5. The van der Waals surface area contributed by atoms with Gasteiger partial charge < -0.3 is 14.8 Å². The van der Waals surface area contributed by atoms with Gasteiger partial charge in [0, 0.05) is 31.2 Å². The van der Waals surface area contributed by atoms with Crippen molar-refractivity contribution in [2.24, 2.45) is 5.92 Å². The Morgan fingerprint density at radius 1 is 1.37 bits per heavy atom. The number of rotatable bonds is 7. The zero-order chi connectivity index (χ0) is 13.9. The standard InChI is InChI=1S/C16H25NO2/c1-12-5-6-15(19-4)14(9-12)16(10-13(16)2)11-17-7-8-18-3/h5-6,9,13,17H,7-8,10-11H2,1-4H3. The van der Waals surface area contributed by atoms with Crippen LogP contribution in [0.25, 0.3) is 0 Å². The molecule has 1 N–H and O–H groups in total. The molecule has 19 heavy (non-hydrogen) atoms. The van der Waals surface area contributed by atoms with E-state index < -0.39 is 0 Å². The van der Waals surface area contributed by atoms with Gasteiger partial charge in [0.15, 0.2) is 0 Å². The van der Waals surface area contributed by atoms with E-state index in [0.717, 1.165) is 25.4 Å². The molecule has 2 atom stereocenters. The molecule has 1 fully saturated rings. The van der Waals surface area contributed by atoms with Gasteiger partial charge in [-0.2, -0.15) is 0 Å². The number of aryl methyl sites for hydroxylation is 1. The van der Waals surface area contributed by atoms with E-state index in [1.807, 2.05) is 0 Å². The molecule has 1 aromatic rings. The fourth-order valence-electron chi connectivity index (χ4n) is 2.90. The average Bonchev–Trinajstić information content (AvgIpc) is 3.06. The van der Waals surface area contributed by atoms with Crippen molar-refractivity contribution in [2.75, 3.05) is 33.9 Å². The van der Waals surface area contributed by atoms with Gasteiger partial charge in [-0.1, -0.05) is 24.6 Å². The second-order valence-corrected chi connectivity index (χ2v) is 5.63. The summed E-state index contributed by atoms with van der Waals surface area (Å²) < 4.78 is 10.6. The zero-order valence-electron chi connectivity index (χ0n) is 12.5. The number of nitrogens with one attached hydrogen (secondary N) is 1. The SMILES string of the molecule is COCCNCC1(c2cc(C)ccc2OC)CC1C. The van der Waals surface area contributed by atoms with Crippen molar-refractivity contribution in [3.8, 4) is 5.75 Å². The minimum Gasteiger partial charge on any atom is -0.496 e. The lowest BCUT2D eigenvalue weighted by Crippen LogP contribution is -2.31. The van der Waals surface area contributed by atoms with Gasteiger partial charge in [0.2, 0.25) is 0 Å². The molecule has 0 spiro atoms. The lowest BCUT2D eigenvalue weighted by molar-refractivity contribution is 0.198. The first-order chi connectivity index (χ1) is 9.14. The van der Waals surface area contributed by atoms with Gasteiger partial charge >= 0.3 is 0 Å². The van der Waals surface area contributed by atoms with Crippen molar-refractivity contribution in [1.29, 1.82) is 0 Å². The fraction of sp³-hybridized carbons (Fsp3) is 0.625. The summed E-state index contributed by atoms with van der Waals surface area (Å²) in [4.78, 5) is 0. The Kier molecular flexibility index (Phi) is 4.48. The third-order valence-electron chi connectivity index (χ3n) is 4.27. The van der Waals surface area contributed by atoms with E-state index >= 15 is 0 Å². The number of ether oxygens (including phenoxy) is 2. The van der Waals surface area contributed by atoms with Gasteiger partial charge in [-0.25, -0.2) is 0 Å². The predicted octanol–water partition coefficient (Wildman–Crippen LogP) is 2.52. The molecule has 1 aromatic carbocycles. The highest BCUT2D eigenvalue weighted by molar-refractivity contribution is 5.47. The van der Waals surface area contributed by atoms with Crippen LogP contribution in [-0.4, -0.2) is 33.9 Å². The summed E-state index contributed by atoms with van der Waals surface area (Å²) in [6.45, 7) is 7.12. The monoisotopic (exact) mass is 263 g/mol. The van der Waals surface area contributed by atoms with E-state index in [-0.39, 0.29) is 5.41 Å². The van der Waals surface area contributed by atoms with Crippen molar-refractivity contribution >= 4 is 0 Å². The van der Waals surface area contributed by atoms with Crippen LogP contribution in [0.3, 0.4) is 0 Å². The Labute approximate surface area is 116 Å². The molecule has 1 aliphatic carbocycles. The van der Waals surface area contributed by atoms with Crippen molar-refractivity contribution in [2.45, 2.75) is 25.7 Å². The number of hydrogen-bond donors (Lipinski definition) is 1. The van der Waals surface area contributed by atoms with Crippen molar-refractivity contribution in [3.63, 3.8) is 0 Å². The van der Waals surface area contributed by atoms with E-state index in [1.165, 1.54) is 17.5 Å². The summed E-state index contributed by atoms with van der Waals surface area (Å²) in [6.07, 6.45) is 1.23. The molecule has 2 unspecified atom stereocenters. The molecule has 1 aliphatic rings. The largest absolute Gasteiger partial charge is 0.496 e. The Morgan fingerprint density at radius 2 is 2.11 bits per heavy atom. The van der Waals surface area contributed by atoms with Crippen LogP contribution in [0, 0.1) is 12.8 Å². The highest BCUT2D eigenvalue weighted by Gasteiger charge is 2.53. The van der Waals surface area contributed by atoms with Gasteiger partial charge in [-0.3, -0.25) is 0 Å². The normalized spacial score (nSPS) is 25.4. The Balaban J connectivity index is 2.15. The first kappa shape index (κ1) is 14.4. The molecular weight excluding hydrogens is 238 g/mol. The van der Waals surface area contributed by atoms with Crippen LogP contribution in [0.2, 0.25) is 0 Å². The quantitative estimate of drug-likeness (QED) is 0.767. The third kappa shape index (κ3) is 2.93. The molecule has 0 bridgehead atoms. The van der Waals surface area contributed by atoms with Crippen LogP contribution >= 0.6 is 0 Å². The molecule has 3 nitrogen and oxygen atoms in total. The van der Waals surface area contributed by atoms with Crippen molar-refractivity contribution < 1.29 is 9.47 Å². The summed E-state index contributed by atoms with van der Waals surface area (Å²) in [5.74, 6) is 1.72. The van der Waals surface area contributed by atoms with E-state index in [0.29, 0.717) is 5.92 Å². The van der Waals surface area contributed by atoms with E-state index in [9.17, 15) is 0 Å². The molecular formula is C16H25NO2. The first-order valence-electron chi connectivity index (χ1n) is 6.99. The molecule has 2 rings (SSSR count). The Hall–Kier alpha value is -1.06. The molecule has 3 heteroatoms. The van der Waals surface area contributed by atoms with Crippen LogP contribution in [0.5, 0.6) is 5.75 Å². The summed E-state index contributed by atoms with van der Waals surface area (Å²) >= 11 is 0. The van der Waals surface area contributed by atoms with Gasteiger partial charge in [0.1, 0.15) is 5.75 Å². The van der Waals surface area contributed by atoms with Gasteiger partial charge in [-0.05, 0) is 25.3 Å². The van der Waals surface area contributed by atoms with Crippen LogP contribution in [-0.2, 0) is 10.2 Å². The average molecular weight is 263 g/mol.